The summed E-state index contributed by atoms with van der Waals surface area (Å²) in [6, 6.07) is 20.5. The first kappa shape index (κ1) is 33.5. The van der Waals surface area contributed by atoms with Crippen LogP contribution in [0, 0.1) is 0 Å². The van der Waals surface area contributed by atoms with Gasteiger partial charge in [-0.25, -0.2) is 19.2 Å². The van der Waals surface area contributed by atoms with E-state index < -0.39 is 47.8 Å². The molecule has 1 unspecified atom stereocenters. The third kappa shape index (κ3) is 10.7. The molecule has 3 aromatic carbocycles. The highest BCUT2D eigenvalue weighted by Gasteiger charge is 2.41. The Balaban J connectivity index is 0.000000330. The smallest absolute Gasteiger partial charge is 0.416 e. The fraction of sp³-hybridized carbons (Fsp3) is 0.267. The summed E-state index contributed by atoms with van der Waals surface area (Å²) < 4.78 is 46.8. The molecule has 0 saturated carbocycles. The minimum atomic E-state index is -4.25. The molecule has 0 radical (unpaired) electrons. The minimum absolute atomic E-state index is 0.0253. The lowest BCUT2D eigenvalue weighted by Crippen LogP contribution is -2.45. The van der Waals surface area contributed by atoms with Crippen LogP contribution in [0.4, 0.5) is 13.2 Å². The summed E-state index contributed by atoms with van der Waals surface area (Å²) in [4.78, 5) is 46.8. The van der Waals surface area contributed by atoms with E-state index in [-0.39, 0.29) is 17.2 Å². The molecule has 0 bridgehead atoms. The molecule has 0 aliphatic heterocycles. The molecular weight excluding hydrogens is 559 g/mol. The van der Waals surface area contributed by atoms with Crippen molar-refractivity contribution in [1.29, 1.82) is 0 Å². The number of esters is 2. The number of ether oxygens (including phenoxy) is 2. The molecule has 0 aliphatic carbocycles. The molecule has 3 atom stereocenters. The molecule has 12 heteroatoms. The maximum atomic E-state index is 12.4. The number of carboxylic acid groups (broad SMARTS) is 2. The first-order valence-corrected chi connectivity index (χ1v) is 12.7. The van der Waals surface area contributed by atoms with Crippen molar-refractivity contribution in [2.45, 2.75) is 44.7 Å². The van der Waals surface area contributed by atoms with Crippen molar-refractivity contribution in [2.75, 3.05) is 6.54 Å². The van der Waals surface area contributed by atoms with Gasteiger partial charge in [0.25, 0.3) is 0 Å². The zero-order valence-corrected chi connectivity index (χ0v) is 22.7. The van der Waals surface area contributed by atoms with E-state index >= 15 is 0 Å². The highest BCUT2D eigenvalue weighted by Crippen LogP contribution is 2.29. The number of rotatable bonds is 11. The summed E-state index contributed by atoms with van der Waals surface area (Å²) in [5.74, 6) is -5.63. The lowest BCUT2D eigenvalue weighted by atomic mass is 10.0. The number of alkyl halides is 3. The van der Waals surface area contributed by atoms with Gasteiger partial charge in [0.05, 0.1) is 16.7 Å². The predicted molar refractivity (Wildman–Crippen MR) is 145 cm³/mol. The standard InChI is InChI=1S/C18H14O8.C12H16F3N/c19-15(20)13(25-17(23)11-7-3-1-4-8-11)14(16(21)22)26-18(24)12-9-5-2-6-10-12;1-3-16-9(2)7-10-5-4-6-11(8-10)12(13,14)15/h1-10,13-14H,(H,19,20)(H,21,22);4-6,8-9,16H,3,7H2,1-2H3/t13-,14-;/m1./s1. The number of carbonyl (C=O) groups excluding carboxylic acids is 2. The largest absolute Gasteiger partial charge is 0.478 e. The van der Waals surface area contributed by atoms with Gasteiger partial charge in [-0.2, -0.15) is 13.2 Å². The Hall–Kier alpha value is -4.71. The lowest BCUT2D eigenvalue weighted by molar-refractivity contribution is -0.166. The van der Waals surface area contributed by atoms with Crippen LogP contribution in [-0.4, -0.2) is 58.9 Å². The van der Waals surface area contributed by atoms with Gasteiger partial charge in [-0.05, 0) is 55.8 Å². The number of carbonyl (C=O) groups is 4. The quantitative estimate of drug-likeness (QED) is 0.268. The Kier molecular flexibility index (Phi) is 12.7. The average molecular weight is 590 g/mol. The fourth-order valence-corrected chi connectivity index (χ4v) is 3.65. The maximum absolute atomic E-state index is 12.4. The van der Waals surface area contributed by atoms with Crippen LogP contribution in [-0.2, 0) is 31.7 Å². The predicted octanol–water partition coefficient (Wildman–Crippen LogP) is 4.85. The van der Waals surface area contributed by atoms with Gasteiger partial charge < -0.3 is 25.0 Å². The van der Waals surface area contributed by atoms with Gasteiger partial charge in [0.1, 0.15) is 0 Å². The molecule has 3 N–H and O–H groups in total. The van der Waals surface area contributed by atoms with Gasteiger partial charge in [-0.3, -0.25) is 0 Å². The van der Waals surface area contributed by atoms with Gasteiger partial charge in [-0.1, -0.05) is 61.5 Å². The van der Waals surface area contributed by atoms with E-state index in [4.69, 9.17) is 9.47 Å². The van der Waals surface area contributed by atoms with E-state index in [1.807, 2.05) is 13.8 Å². The van der Waals surface area contributed by atoms with Crippen molar-refractivity contribution in [3.8, 4) is 0 Å². The number of nitrogens with one attached hydrogen (secondary N) is 1. The second-order valence-corrected chi connectivity index (χ2v) is 8.92. The second-order valence-electron chi connectivity index (χ2n) is 8.92. The van der Waals surface area contributed by atoms with Crippen molar-refractivity contribution in [3.05, 3.63) is 107 Å². The molecule has 0 heterocycles. The first-order chi connectivity index (χ1) is 19.8. The SMILES string of the molecule is CCNC(C)Cc1cccc(C(F)(F)F)c1.O=C(O[C@@H](C(=O)O)[C@@H](OC(=O)c1ccccc1)C(=O)O)c1ccccc1. The molecule has 3 aromatic rings. The number of hydrogen-bond donors (Lipinski definition) is 3. The van der Waals surface area contributed by atoms with E-state index in [1.165, 1.54) is 60.7 Å². The van der Waals surface area contributed by atoms with Crippen molar-refractivity contribution in [2.24, 2.45) is 0 Å². The number of carboxylic acids is 2. The number of aliphatic carboxylic acids is 2. The molecule has 0 fully saturated rings. The zero-order chi connectivity index (χ0) is 31.3. The third-order valence-electron chi connectivity index (χ3n) is 5.60. The number of benzene rings is 3. The van der Waals surface area contributed by atoms with Crippen LogP contribution in [0.1, 0.15) is 45.7 Å². The minimum Gasteiger partial charge on any atom is -0.478 e. The first-order valence-electron chi connectivity index (χ1n) is 12.7. The Labute approximate surface area is 239 Å². The molecule has 224 valence electrons. The topological polar surface area (TPSA) is 139 Å². The van der Waals surface area contributed by atoms with Crippen LogP contribution < -0.4 is 5.32 Å². The van der Waals surface area contributed by atoms with E-state index in [0.717, 1.165) is 12.6 Å². The molecule has 0 saturated heterocycles. The van der Waals surface area contributed by atoms with Crippen LogP contribution >= 0.6 is 0 Å². The molecule has 0 aliphatic rings. The van der Waals surface area contributed by atoms with Gasteiger partial charge in [-0.15, -0.1) is 0 Å². The number of likely N-dealkylation sites (N-methyl/N-ethyl adjacent to an activating group) is 1. The van der Waals surface area contributed by atoms with Gasteiger partial charge in [0.2, 0.25) is 12.2 Å². The van der Waals surface area contributed by atoms with Crippen LogP contribution in [0.5, 0.6) is 0 Å². The highest BCUT2D eigenvalue weighted by atomic mass is 19.4. The zero-order valence-electron chi connectivity index (χ0n) is 22.7. The van der Waals surface area contributed by atoms with Crippen molar-refractivity contribution >= 4 is 23.9 Å². The maximum Gasteiger partial charge on any atom is 0.416 e. The summed E-state index contributed by atoms with van der Waals surface area (Å²) >= 11 is 0. The Bertz CT molecular complexity index is 1260. The van der Waals surface area contributed by atoms with E-state index in [9.17, 15) is 42.6 Å². The molecule has 42 heavy (non-hydrogen) atoms. The second kappa shape index (κ2) is 15.9. The molecule has 3 rings (SSSR count). The summed E-state index contributed by atoms with van der Waals surface area (Å²) in [6.45, 7) is 4.76. The van der Waals surface area contributed by atoms with E-state index in [1.54, 1.807) is 18.2 Å². The van der Waals surface area contributed by atoms with Crippen molar-refractivity contribution in [3.63, 3.8) is 0 Å². The van der Waals surface area contributed by atoms with Crippen molar-refractivity contribution in [1.82, 2.24) is 5.32 Å². The van der Waals surface area contributed by atoms with Crippen LogP contribution in [0.2, 0.25) is 0 Å². The molecule has 0 amide bonds. The third-order valence-corrected chi connectivity index (χ3v) is 5.60. The number of hydrogen-bond acceptors (Lipinski definition) is 7. The van der Waals surface area contributed by atoms with Crippen LogP contribution in [0.25, 0.3) is 0 Å². The Morgan fingerprint density at radius 2 is 1.21 bits per heavy atom. The summed E-state index contributed by atoms with van der Waals surface area (Å²) in [5, 5.41) is 21.7. The monoisotopic (exact) mass is 589 g/mol. The summed E-state index contributed by atoms with van der Waals surface area (Å²) in [6.07, 6.45) is -8.07. The van der Waals surface area contributed by atoms with Gasteiger partial charge >= 0.3 is 30.1 Å². The molecule has 0 spiro atoms. The molecule has 0 aromatic heterocycles. The number of halogens is 3. The van der Waals surface area contributed by atoms with Crippen LogP contribution in [0.3, 0.4) is 0 Å². The average Bonchev–Trinajstić information content (AvgIpc) is 2.95. The molecular formula is C30H30F3NO8. The van der Waals surface area contributed by atoms with E-state index in [0.29, 0.717) is 12.0 Å². The molecule has 9 nitrogen and oxygen atoms in total. The highest BCUT2D eigenvalue weighted by molar-refractivity contribution is 5.95. The Morgan fingerprint density at radius 3 is 1.60 bits per heavy atom. The fourth-order valence-electron chi connectivity index (χ4n) is 3.65. The van der Waals surface area contributed by atoms with Crippen LogP contribution in [0.15, 0.2) is 84.9 Å². The van der Waals surface area contributed by atoms with Gasteiger partial charge in [0, 0.05) is 6.04 Å². The van der Waals surface area contributed by atoms with Crippen molar-refractivity contribution < 1.29 is 52.0 Å². The summed E-state index contributed by atoms with van der Waals surface area (Å²) in [5.41, 5.74) is 0.187. The van der Waals surface area contributed by atoms with E-state index in [2.05, 4.69) is 5.32 Å². The van der Waals surface area contributed by atoms with Gasteiger partial charge in [0.15, 0.2) is 0 Å². The summed E-state index contributed by atoms with van der Waals surface area (Å²) in [7, 11) is 0. The lowest BCUT2D eigenvalue weighted by Gasteiger charge is -2.21. The Morgan fingerprint density at radius 1 is 0.762 bits per heavy atom. The normalized spacial score (nSPS) is 13.0.